The molecular formula is C16H20N2. The molecule has 18 heavy (non-hydrogen) atoms. The maximum Gasteiger partial charge on any atom is 0.135 e. The number of nitrogens with zero attached hydrogens (tertiary/aromatic N) is 2. The molecule has 1 aliphatic heterocycles. The lowest BCUT2D eigenvalue weighted by molar-refractivity contribution is 0.0935. The summed E-state index contributed by atoms with van der Waals surface area (Å²) in [6.45, 7) is 2.17. The van der Waals surface area contributed by atoms with Gasteiger partial charge in [-0.3, -0.25) is 4.90 Å². The highest BCUT2D eigenvalue weighted by Gasteiger charge is 2.42. The van der Waals surface area contributed by atoms with E-state index < -0.39 is 0 Å². The SMILES string of the molecule is N#CC1(N2CCCCC2)CCCc2ccccc21. The van der Waals surface area contributed by atoms with Crippen molar-refractivity contribution in [3.63, 3.8) is 0 Å². The summed E-state index contributed by atoms with van der Waals surface area (Å²) in [5.74, 6) is 0. The minimum absolute atomic E-state index is 0.338. The highest BCUT2D eigenvalue weighted by atomic mass is 15.2. The average molecular weight is 240 g/mol. The number of piperidine rings is 1. The molecule has 0 amide bonds. The first kappa shape index (κ1) is 11.7. The van der Waals surface area contributed by atoms with Crippen LogP contribution in [0.15, 0.2) is 24.3 Å². The van der Waals surface area contributed by atoms with Crippen LogP contribution >= 0.6 is 0 Å². The maximum atomic E-state index is 9.85. The molecule has 1 atom stereocenters. The summed E-state index contributed by atoms with van der Waals surface area (Å²) in [5.41, 5.74) is 2.33. The van der Waals surface area contributed by atoms with Crippen molar-refractivity contribution in [2.75, 3.05) is 13.1 Å². The van der Waals surface area contributed by atoms with Gasteiger partial charge in [-0.2, -0.15) is 5.26 Å². The van der Waals surface area contributed by atoms with Crippen LogP contribution in [0.2, 0.25) is 0 Å². The second kappa shape index (κ2) is 4.74. The highest BCUT2D eigenvalue weighted by Crippen LogP contribution is 2.40. The smallest absolute Gasteiger partial charge is 0.135 e. The van der Waals surface area contributed by atoms with Gasteiger partial charge in [0.05, 0.1) is 6.07 Å². The molecule has 0 aromatic heterocycles. The number of likely N-dealkylation sites (tertiary alicyclic amines) is 1. The van der Waals surface area contributed by atoms with Crippen LogP contribution in [0.25, 0.3) is 0 Å². The number of rotatable bonds is 1. The number of hydrogen-bond donors (Lipinski definition) is 0. The zero-order valence-corrected chi connectivity index (χ0v) is 10.9. The monoisotopic (exact) mass is 240 g/mol. The molecule has 1 saturated heterocycles. The van der Waals surface area contributed by atoms with Crippen LogP contribution in [-0.4, -0.2) is 18.0 Å². The Bertz CT molecular complexity index is 468. The first-order valence-electron chi connectivity index (χ1n) is 7.11. The first-order valence-corrected chi connectivity index (χ1v) is 7.11. The minimum Gasteiger partial charge on any atom is -0.282 e. The molecule has 2 aliphatic rings. The van der Waals surface area contributed by atoms with Gasteiger partial charge in [0.15, 0.2) is 0 Å². The van der Waals surface area contributed by atoms with Gasteiger partial charge in [0.1, 0.15) is 5.54 Å². The summed E-state index contributed by atoms with van der Waals surface area (Å²) in [4.78, 5) is 2.44. The lowest BCUT2D eigenvalue weighted by Gasteiger charge is -2.44. The second-order valence-corrected chi connectivity index (χ2v) is 5.53. The second-order valence-electron chi connectivity index (χ2n) is 5.53. The molecule has 1 aromatic carbocycles. The summed E-state index contributed by atoms with van der Waals surface area (Å²) in [5, 5.41) is 9.85. The molecule has 2 nitrogen and oxygen atoms in total. The van der Waals surface area contributed by atoms with E-state index in [9.17, 15) is 5.26 Å². The quantitative estimate of drug-likeness (QED) is 0.753. The lowest BCUT2D eigenvalue weighted by atomic mass is 9.75. The third-order valence-corrected chi connectivity index (χ3v) is 4.53. The van der Waals surface area contributed by atoms with E-state index in [4.69, 9.17) is 0 Å². The van der Waals surface area contributed by atoms with E-state index in [2.05, 4.69) is 35.2 Å². The van der Waals surface area contributed by atoms with Gasteiger partial charge in [-0.15, -0.1) is 0 Å². The Morgan fingerprint density at radius 2 is 1.83 bits per heavy atom. The Kier molecular flexibility index (Phi) is 3.09. The van der Waals surface area contributed by atoms with Crippen LogP contribution in [0, 0.1) is 11.3 Å². The van der Waals surface area contributed by atoms with Gasteiger partial charge in [-0.05, 0) is 56.3 Å². The van der Waals surface area contributed by atoms with Crippen molar-refractivity contribution in [3.8, 4) is 6.07 Å². The first-order chi connectivity index (χ1) is 8.87. The molecule has 0 bridgehead atoms. The molecule has 0 spiro atoms. The van der Waals surface area contributed by atoms with Gasteiger partial charge in [0, 0.05) is 0 Å². The Balaban J connectivity index is 2.04. The average Bonchev–Trinajstić information content (AvgIpc) is 2.47. The number of hydrogen-bond acceptors (Lipinski definition) is 2. The van der Waals surface area contributed by atoms with Gasteiger partial charge < -0.3 is 0 Å². The minimum atomic E-state index is -0.338. The highest BCUT2D eigenvalue weighted by molar-refractivity contribution is 5.41. The number of benzene rings is 1. The van der Waals surface area contributed by atoms with E-state index in [0.29, 0.717) is 0 Å². The predicted octanol–water partition coefficient (Wildman–Crippen LogP) is 3.23. The molecular weight excluding hydrogens is 220 g/mol. The molecule has 1 unspecified atom stereocenters. The number of nitriles is 1. The number of fused-ring (bicyclic) bond motifs is 1. The molecule has 94 valence electrons. The van der Waals surface area contributed by atoms with Gasteiger partial charge >= 0.3 is 0 Å². The zero-order chi connectivity index (χ0) is 12.4. The molecule has 1 aliphatic carbocycles. The van der Waals surface area contributed by atoms with E-state index in [0.717, 1.165) is 32.4 Å². The maximum absolute atomic E-state index is 9.85. The van der Waals surface area contributed by atoms with Crippen molar-refractivity contribution in [2.45, 2.75) is 44.1 Å². The van der Waals surface area contributed by atoms with Gasteiger partial charge in [-0.25, -0.2) is 0 Å². The van der Waals surface area contributed by atoms with Gasteiger partial charge in [-0.1, -0.05) is 30.7 Å². The Labute approximate surface area is 109 Å². The molecule has 1 aromatic rings. The fourth-order valence-corrected chi connectivity index (χ4v) is 3.60. The largest absolute Gasteiger partial charge is 0.282 e. The van der Waals surface area contributed by atoms with Gasteiger partial charge in [0.2, 0.25) is 0 Å². The summed E-state index contributed by atoms with van der Waals surface area (Å²) in [7, 11) is 0. The Hall–Kier alpha value is -1.33. The van der Waals surface area contributed by atoms with Crippen LogP contribution < -0.4 is 0 Å². The number of aryl methyl sites for hydroxylation is 1. The standard InChI is InChI=1S/C16H20N2/c17-13-16(18-11-4-1-5-12-18)10-6-8-14-7-2-3-9-15(14)16/h2-3,7,9H,1,4-6,8,10-12H2. The van der Waals surface area contributed by atoms with Crippen molar-refractivity contribution in [1.82, 2.24) is 4.90 Å². The molecule has 0 saturated carbocycles. The van der Waals surface area contributed by atoms with Crippen molar-refractivity contribution >= 4 is 0 Å². The van der Waals surface area contributed by atoms with Gasteiger partial charge in [0.25, 0.3) is 0 Å². The fourth-order valence-electron chi connectivity index (χ4n) is 3.60. The summed E-state index contributed by atoms with van der Waals surface area (Å²) >= 11 is 0. The zero-order valence-electron chi connectivity index (χ0n) is 10.9. The van der Waals surface area contributed by atoms with Crippen LogP contribution in [-0.2, 0) is 12.0 Å². The molecule has 1 fully saturated rings. The van der Waals surface area contributed by atoms with E-state index in [1.807, 2.05) is 0 Å². The lowest BCUT2D eigenvalue weighted by Crippen LogP contribution is -2.49. The van der Waals surface area contributed by atoms with Crippen LogP contribution in [0.3, 0.4) is 0 Å². The normalized spacial score (nSPS) is 28.4. The van der Waals surface area contributed by atoms with Crippen LogP contribution in [0.5, 0.6) is 0 Å². The third kappa shape index (κ3) is 1.74. The molecule has 2 heteroatoms. The van der Waals surface area contributed by atoms with Crippen molar-refractivity contribution in [3.05, 3.63) is 35.4 Å². The Morgan fingerprint density at radius 1 is 1.06 bits per heavy atom. The van der Waals surface area contributed by atoms with E-state index in [1.165, 1.54) is 30.4 Å². The fraction of sp³-hybridized carbons (Fsp3) is 0.562. The van der Waals surface area contributed by atoms with Crippen molar-refractivity contribution in [1.29, 1.82) is 5.26 Å². The third-order valence-electron chi connectivity index (χ3n) is 4.53. The molecule has 3 rings (SSSR count). The van der Waals surface area contributed by atoms with Crippen LogP contribution in [0.4, 0.5) is 0 Å². The summed E-state index contributed by atoms with van der Waals surface area (Å²) in [6, 6.07) is 11.2. The topological polar surface area (TPSA) is 27.0 Å². The molecule has 0 N–H and O–H groups in total. The molecule has 0 radical (unpaired) electrons. The van der Waals surface area contributed by atoms with E-state index >= 15 is 0 Å². The van der Waals surface area contributed by atoms with E-state index in [-0.39, 0.29) is 5.54 Å². The van der Waals surface area contributed by atoms with Crippen molar-refractivity contribution in [2.24, 2.45) is 0 Å². The van der Waals surface area contributed by atoms with Crippen LogP contribution in [0.1, 0.15) is 43.2 Å². The molecule has 1 heterocycles. The van der Waals surface area contributed by atoms with E-state index in [1.54, 1.807) is 0 Å². The summed E-state index contributed by atoms with van der Waals surface area (Å²) in [6.07, 6.45) is 7.08. The summed E-state index contributed by atoms with van der Waals surface area (Å²) < 4.78 is 0. The predicted molar refractivity (Wildman–Crippen MR) is 72.1 cm³/mol. The van der Waals surface area contributed by atoms with Crippen molar-refractivity contribution < 1.29 is 0 Å². The Morgan fingerprint density at radius 3 is 2.61 bits per heavy atom.